The Bertz CT molecular complexity index is 765. The second-order valence-corrected chi connectivity index (χ2v) is 5.51. The fourth-order valence-electron chi connectivity index (χ4n) is 2.17. The van der Waals surface area contributed by atoms with Gasteiger partial charge in [-0.2, -0.15) is 5.26 Å². The van der Waals surface area contributed by atoms with Crippen LogP contribution in [0.3, 0.4) is 0 Å². The van der Waals surface area contributed by atoms with E-state index in [4.69, 9.17) is 4.74 Å². The van der Waals surface area contributed by atoms with Gasteiger partial charge < -0.3 is 14.6 Å². The monoisotopic (exact) mass is 315 g/mol. The van der Waals surface area contributed by atoms with Gasteiger partial charge >= 0.3 is 0 Å². The molecule has 0 spiro atoms. The molecule has 1 amide bonds. The Morgan fingerprint density at radius 1 is 1.64 bits per heavy atom. The maximum atomic E-state index is 12.4. The molecule has 22 heavy (non-hydrogen) atoms. The number of thioether (sulfide) groups is 1. The molecule has 0 aliphatic carbocycles. The molecule has 0 saturated carbocycles. The number of carbonyl (C=O) groups is 1. The summed E-state index contributed by atoms with van der Waals surface area (Å²) in [5.74, 6) is 1.04. The van der Waals surface area contributed by atoms with Crippen molar-refractivity contribution in [1.82, 2.24) is 14.5 Å². The van der Waals surface area contributed by atoms with Crippen molar-refractivity contribution in [2.24, 2.45) is 0 Å². The molecule has 0 saturated heterocycles. The zero-order valence-corrected chi connectivity index (χ0v) is 12.7. The first kappa shape index (κ1) is 14.4. The van der Waals surface area contributed by atoms with Crippen LogP contribution in [0.5, 0.6) is 5.88 Å². The zero-order valence-electron chi connectivity index (χ0n) is 11.9. The van der Waals surface area contributed by atoms with Crippen LogP contribution >= 0.6 is 11.8 Å². The van der Waals surface area contributed by atoms with Gasteiger partial charge in [0.15, 0.2) is 16.7 Å². The fourth-order valence-corrected chi connectivity index (χ4v) is 3.12. The largest absolute Gasteiger partial charge is 0.477 e. The maximum absolute atomic E-state index is 12.4. The van der Waals surface area contributed by atoms with Gasteiger partial charge in [0.05, 0.1) is 6.61 Å². The first-order chi connectivity index (χ1) is 10.7. The van der Waals surface area contributed by atoms with Gasteiger partial charge in [-0.1, -0.05) is 11.8 Å². The average molecular weight is 315 g/mol. The number of aromatic nitrogens is 3. The smallest absolute Gasteiger partial charge is 0.262 e. The fraction of sp³-hybridized carbons (Fsp3) is 0.286. The lowest BCUT2D eigenvalue weighted by molar-refractivity contribution is 0.102. The Kier molecular flexibility index (Phi) is 3.98. The van der Waals surface area contributed by atoms with Gasteiger partial charge in [-0.3, -0.25) is 4.79 Å². The van der Waals surface area contributed by atoms with Crippen LogP contribution in [0.25, 0.3) is 0 Å². The van der Waals surface area contributed by atoms with Crippen LogP contribution in [-0.2, 0) is 6.54 Å². The highest BCUT2D eigenvalue weighted by Crippen LogP contribution is 2.30. The molecule has 7 nitrogen and oxygen atoms in total. The number of ether oxygens (including phenoxy) is 1. The summed E-state index contributed by atoms with van der Waals surface area (Å²) in [6, 6.07) is 5.38. The van der Waals surface area contributed by atoms with E-state index in [1.54, 1.807) is 30.1 Å². The third-order valence-electron chi connectivity index (χ3n) is 3.11. The second kappa shape index (κ2) is 6.07. The van der Waals surface area contributed by atoms with Crippen molar-refractivity contribution < 1.29 is 9.53 Å². The molecule has 0 atom stereocenters. The van der Waals surface area contributed by atoms with Crippen molar-refractivity contribution in [2.45, 2.75) is 18.6 Å². The van der Waals surface area contributed by atoms with Gasteiger partial charge in [-0.25, -0.2) is 9.97 Å². The summed E-state index contributed by atoms with van der Waals surface area (Å²) in [7, 11) is 0. The molecule has 0 unspecified atom stereocenters. The normalized spacial score (nSPS) is 12.5. The SMILES string of the molecule is CCOc1ncccc1C(=O)Nc1nc2n(c1C#N)CCS2. The van der Waals surface area contributed by atoms with E-state index in [1.807, 2.05) is 11.5 Å². The second-order valence-electron chi connectivity index (χ2n) is 4.45. The Balaban J connectivity index is 1.88. The number of rotatable bonds is 4. The molecule has 112 valence electrons. The summed E-state index contributed by atoms with van der Waals surface area (Å²) in [5.41, 5.74) is 0.684. The topological polar surface area (TPSA) is 92.8 Å². The van der Waals surface area contributed by atoms with Crippen molar-refractivity contribution in [3.05, 3.63) is 29.6 Å². The summed E-state index contributed by atoms with van der Waals surface area (Å²) >= 11 is 1.56. The minimum Gasteiger partial charge on any atom is -0.477 e. The highest BCUT2D eigenvalue weighted by atomic mass is 32.2. The minimum atomic E-state index is -0.394. The molecular formula is C14H13N5O2S. The Morgan fingerprint density at radius 2 is 2.50 bits per heavy atom. The summed E-state index contributed by atoms with van der Waals surface area (Å²) in [5, 5.41) is 12.7. The van der Waals surface area contributed by atoms with Gasteiger partial charge in [0.25, 0.3) is 5.91 Å². The predicted molar refractivity (Wildman–Crippen MR) is 81.0 cm³/mol. The van der Waals surface area contributed by atoms with E-state index < -0.39 is 5.91 Å². The highest BCUT2D eigenvalue weighted by molar-refractivity contribution is 7.99. The van der Waals surface area contributed by atoms with Gasteiger partial charge in [0.2, 0.25) is 5.88 Å². The number of pyridine rings is 1. The first-order valence-corrected chi connectivity index (χ1v) is 7.75. The third kappa shape index (κ3) is 2.51. The van der Waals surface area contributed by atoms with Gasteiger partial charge in [0, 0.05) is 18.5 Å². The van der Waals surface area contributed by atoms with E-state index in [-0.39, 0.29) is 11.7 Å². The number of nitriles is 1. The predicted octanol–water partition coefficient (Wildman–Crippen LogP) is 1.91. The Labute approximate surface area is 131 Å². The van der Waals surface area contributed by atoms with Crippen LogP contribution in [0.2, 0.25) is 0 Å². The highest BCUT2D eigenvalue weighted by Gasteiger charge is 2.24. The number of nitrogens with zero attached hydrogens (tertiary/aromatic N) is 4. The number of nitrogens with one attached hydrogen (secondary N) is 1. The number of fused-ring (bicyclic) bond motifs is 1. The molecule has 0 aromatic carbocycles. The lowest BCUT2D eigenvalue weighted by atomic mass is 10.2. The number of carbonyl (C=O) groups excluding carboxylic acids is 1. The van der Waals surface area contributed by atoms with Crippen molar-refractivity contribution in [3.8, 4) is 11.9 Å². The van der Waals surface area contributed by atoms with E-state index in [1.165, 1.54) is 0 Å². The van der Waals surface area contributed by atoms with Crippen LogP contribution in [0.15, 0.2) is 23.5 Å². The number of anilines is 1. The lowest BCUT2D eigenvalue weighted by Crippen LogP contribution is -2.15. The molecular weight excluding hydrogens is 302 g/mol. The first-order valence-electron chi connectivity index (χ1n) is 6.77. The molecule has 8 heteroatoms. The van der Waals surface area contributed by atoms with Gasteiger partial charge in [-0.05, 0) is 19.1 Å². The van der Waals surface area contributed by atoms with E-state index in [2.05, 4.69) is 21.4 Å². The number of amides is 1. The molecule has 3 rings (SSSR count). The lowest BCUT2D eigenvalue weighted by Gasteiger charge is -2.08. The molecule has 0 bridgehead atoms. The standard InChI is InChI=1S/C14H13N5O2S/c1-2-21-13-9(4-3-5-16-13)12(20)17-11-10(8-15)19-6-7-22-14(19)18-11/h3-5H,2,6-7H2,1H3,(H,17,20). The molecule has 1 aliphatic heterocycles. The third-order valence-corrected chi connectivity index (χ3v) is 4.07. The average Bonchev–Trinajstić information content (AvgIpc) is 3.08. The molecule has 2 aromatic heterocycles. The summed E-state index contributed by atoms with van der Waals surface area (Å²) in [6.07, 6.45) is 1.56. The van der Waals surface area contributed by atoms with E-state index in [9.17, 15) is 10.1 Å². The summed E-state index contributed by atoms with van der Waals surface area (Å²) < 4.78 is 7.16. The molecule has 0 radical (unpaired) electrons. The number of hydrogen-bond acceptors (Lipinski definition) is 6. The molecule has 2 aromatic rings. The number of hydrogen-bond donors (Lipinski definition) is 1. The van der Waals surface area contributed by atoms with Crippen LogP contribution < -0.4 is 10.1 Å². The minimum absolute atomic E-state index is 0.266. The van der Waals surface area contributed by atoms with E-state index in [0.29, 0.717) is 17.9 Å². The molecule has 3 heterocycles. The molecule has 0 fully saturated rings. The molecule has 1 aliphatic rings. The Hall–Kier alpha value is -2.53. The van der Waals surface area contributed by atoms with E-state index >= 15 is 0 Å². The van der Waals surface area contributed by atoms with Crippen molar-refractivity contribution >= 4 is 23.5 Å². The van der Waals surface area contributed by atoms with Crippen LogP contribution in [0, 0.1) is 11.3 Å². The van der Waals surface area contributed by atoms with Crippen LogP contribution in [0.1, 0.15) is 23.0 Å². The van der Waals surface area contributed by atoms with Crippen molar-refractivity contribution in [3.63, 3.8) is 0 Å². The van der Waals surface area contributed by atoms with Gasteiger partial charge in [-0.15, -0.1) is 0 Å². The van der Waals surface area contributed by atoms with E-state index in [0.717, 1.165) is 17.5 Å². The van der Waals surface area contributed by atoms with Gasteiger partial charge in [0.1, 0.15) is 11.6 Å². The van der Waals surface area contributed by atoms with Crippen LogP contribution in [0.4, 0.5) is 5.82 Å². The molecule has 1 N–H and O–H groups in total. The number of imidazole rings is 1. The summed E-state index contributed by atoms with van der Waals surface area (Å²) in [4.78, 5) is 20.8. The van der Waals surface area contributed by atoms with Crippen molar-refractivity contribution in [2.75, 3.05) is 17.7 Å². The van der Waals surface area contributed by atoms with Crippen LogP contribution in [-0.4, -0.2) is 32.8 Å². The quantitative estimate of drug-likeness (QED) is 0.926. The zero-order chi connectivity index (χ0) is 15.5. The summed E-state index contributed by atoms with van der Waals surface area (Å²) in [6.45, 7) is 2.96. The van der Waals surface area contributed by atoms with Crippen molar-refractivity contribution in [1.29, 1.82) is 5.26 Å². The maximum Gasteiger partial charge on any atom is 0.262 e. The Morgan fingerprint density at radius 3 is 3.27 bits per heavy atom.